The number of likely N-dealkylation sites (tertiary alicyclic amines) is 1. The fourth-order valence-corrected chi connectivity index (χ4v) is 4.38. The van der Waals surface area contributed by atoms with Crippen molar-refractivity contribution in [1.29, 1.82) is 0 Å². The molecule has 0 aromatic heterocycles. The van der Waals surface area contributed by atoms with Crippen molar-refractivity contribution in [2.45, 2.75) is 25.3 Å². The molecule has 1 atom stereocenters. The van der Waals surface area contributed by atoms with E-state index < -0.39 is 9.84 Å². The van der Waals surface area contributed by atoms with E-state index in [4.69, 9.17) is 6.42 Å². The van der Waals surface area contributed by atoms with Gasteiger partial charge in [-0.2, -0.15) is 0 Å². The molecule has 0 unspecified atom stereocenters. The lowest BCUT2D eigenvalue weighted by molar-refractivity contribution is -0.126. The van der Waals surface area contributed by atoms with Crippen molar-refractivity contribution < 1.29 is 13.2 Å². The van der Waals surface area contributed by atoms with Crippen molar-refractivity contribution in [3.8, 4) is 12.3 Å². The smallest absolute Gasteiger partial charge is 0.223 e. The summed E-state index contributed by atoms with van der Waals surface area (Å²) in [6.45, 7) is 2.31. The van der Waals surface area contributed by atoms with Crippen LogP contribution >= 0.6 is 0 Å². The van der Waals surface area contributed by atoms with Crippen LogP contribution in [0.2, 0.25) is 0 Å². The van der Waals surface area contributed by atoms with Gasteiger partial charge in [-0.05, 0) is 32.4 Å². The predicted molar refractivity (Wildman–Crippen MR) is 73.2 cm³/mol. The van der Waals surface area contributed by atoms with Gasteiger partial charge in [0, 0.05) is 12.0 Å². The summed E-state index contributed by atoms with van der Waals surface area (Å²) in [5, 5.41) is 2.87. The Bertz CT molecular complexity index is 473. The molecule has 1 amide bonds. The van der Waals surface area contributed by atoms with Crippen LogP contribution in [0, 0.1) is 18.3 Å². The molecule has 2 fully saturated rings. The molecule has 0 radical (unpaired) electrons. The fraction of sp³-hybridized carbons (Fsp3) is 0.769. The molecule has 0 aliphatic carbocycles. The minimum Gasteiger partial charge on any atom is -0.352 e. The number of sulfone groups is 1. The number of hydrogen-bond donors (Lipinski definition) is 1. The zero-order valence-electron chi connectivity index (χ0n) is 11.0. The average molecular weight is 284 g/mol. The van der Waals surface area contributed by atoms with Gasteiger partial charge in [-0.25, -0.2) is 8.42 Å². The van der Waals surface area contributed by atoms with Gasteiger partial charge in [-0.1, -0.05) is 5.92 Å². The minimum absolute atomic E-state index is 0.00228. The number of carbonyl (C=O) groups is 1. The van der Waals surface area contributed by atoms with Gasteiger partial charge in [0.1, 0.15) is 0 Å². The summed E-state index contributed by atoms with van der Waals surface area (Å²) < 4.78 is 22.7. The second-order valence-corrected chi connectivity index (χ2v) is 7.59. The number of rotatable bonds is 3. The van der Waals surface area contributed by atoms with E-state index in [0.29, 0.717) is 13.0 Å². The fourth-order valence-electron chi connectivity index (χ4n) is 2.71. The van der Waals surface area contributed by atoms with Gasteiger partial charge in [0.05, 0.1) is 18.1 Å². The minimum atomic E-state index is -2.93. The number of hydrogen-bond acceptors (Lipinski definition) is 4. The second-order valence-electron chi connectivity index (χ2n) is 5.36. The highest BCUT2D eigenvalue weighted by atomic mass is 32.2. The van der Waals surface area contributed by atoms with E-state index in [1.165, 1.54) is 0 Å². The number of amides is 1. The van der Waals surface area contributed by atoms with E-state index in [-0.39, 0.29) is 29.4 Å². The zero-order valence-corrected chi connectivity index (χ0v) is 11.8. The molecule has 2 rings (SSSR count). The normalized spacial score (nSPS) is 27.8. The lowest BCUT2D eigenvalue weighted by Gasteiger charge is -2.30. The van der Waals surface area contributed by atoms with Crippen molar-refractivity contribution in [3.63, 3.8) is 0 Å². The van der Waals surface area contributed by atoms with Crippen LogP contribution in [0.5, 0.6) is 0 Å². The van der Waals surface area contributed by atoms with Crippen LogP contribution in [-0.4, -0.2) is 56.4 Å². The first kappa shape index (κ1) is 14.4. The standard InChI is InChI=1S/C13H20N2O3S/c1-2-6-15-7-3-11(4-8-15)13(16)14-12-5-9-19(17,18)10-12/h1,11-12H,3-10H2,(H,14,16)/t12-/m1/s1. The van der Waals surface area contributed by atoms with Crippen molar-refractivity contribution in [2.24, 2.45) is 5.92 Å². The molecule has 1 N–H and O–H groups in total. The maximum absolute atomic E-state index is 12.1. The maximum atomic E-state index is 12.1. The number of piperidine rings is 1. The molecule has 5 nitrogen and oxygen atoms in total. The molecule has 0 aromatic rings. The molecule has 19 heavy (non-hydrogen) atoms. The summed E-state index contributed by atoms with van der Waals surface area (Å²) in [6.07, 6.45) is 7.40. The quantitative estimate of drug-likeness (QED) is 0.719. The Morgan fingerprint density at radius 1 is 1.32 bits per heavy atom. The lowest BCUT2D eigenvalue weighted by atomic mass is 9.95. The molecular formula is C13H20N2O3S. The van der Waals surface area contributed by atoms with E-state index in [2.05, 4.69) is 16.1 Å². The number of nitrogens with zero attached hydrogens (tertiary/aromatic N) is 1. The first-order valence-electron chi connectivity index (χ1n) is 6.67. The Labute approximate surface area is 114 Å². The average Bonchev–Trinajstić information content (AvgIpc) is 2.70. The van der Waals surface area contributed by atoms with Gasteiger partial charge in [0.2, 0.25) is 5.91 Å². The van der Waals surface area contributed by atoms with Gasteiger partial charge in [0.15, 0.2) is 9.84 Å². The third kappa shape index (κ3) is 3.95. The Hall–Kier alpha value is -1.06. The topological polar surface area (TPSA) is 66.5 Å². The monoisotopic (exact) mass is 284 g/mol. The summed E-state index contributed by atoms with van der Waals surface area (Å²) in [4.78, 5) is 14.2. The zero-order chi connectivity index (χ0) is 13.9. The largest absolute Gasteiger partial charge is 0.352 e. The third-order valence-corrected chi connectivity index (χ3v) is 5.62. The van der Waals surface area contributed by atoms with E-state index in [1.807, 2.05) is 0 Å². The van der Waals surface area contributed by atoms with Crippen LogP contribution in [0.15, 0.2) is 0 Å². The number of nitrogens with one attached hydrogen (secondary N) is 1. The molecule has 0 saturated carbocycles. The molecular weight excluding hydrogens is 264 g/mol. The summed E-state index contributed by atoms with van der Waals surface area (Å²) in [6, 6.07) is -0.193. The van der Waals surface area contributed by atoms with Gasteiger partial charge >= 0.3 is 0 Å². The highest BCUT2D eigenvalue weighted by Gasteiger charge is 2.31. The van der Waals surface area contributed by atoms with Crippen molar-refractivity contribution in [3.05, 3.63) is 0 Å². The van der Waals surface area contributed by atoms with Crippen LogP contribution in [-0.2, 0) is 14.6 Å². The van der Waals surface area contributed by atoms with Gasteiger partial charge in [-0.3, -0.25) is 9.69 Å². The SMILES string of the molecule is C#CCN1CCC(C(=O)N[C@@H]2CCS(=O)(=O)C2)CC1. The molecule has 0 bridgehead atoms. The summed E-state index contributed by atoms with van der Waals surface area (Å²) in [5.74, 6) is 2.89. The molecule has 0 spiro atoms. The van der Waals surface area contributed by atoms with Crippen LogP contribution in [0.3, 0.4) is 0 Å². The molecule has 2 aliphatic heterocycles. The van der Waals surface area contributed by atoms with E-state index in [1.54, 1.807) is 0 Å². The highest BCUT2D eigenvalue weighted by Crippen LogP contribution is 2.18. The van der Waals surface area contributed by atoms with Crippen LogP contribution in [0.4, 0.5) is 0 Å². The van der Waals surface area contributed by atoms with Gasteiger partial charge in [-0.15, -0.1) is 6.42 Å². The van der Waals surface area contributed by atoms with Crippen molar-refractivity contribution >= 4 is 15.7 Å². The molecule has 0 aromatic carbocycles. The lowest BCUT2D eigenvalue weighted by Crippen LogP contribution is -2.44. The molecule has 2 aliphatic rings. The summed E-state index contributed by atoms with van der Waals surface area (Å²) in [5.41, 5.74) is 0. The Morgan fingerprint density at radius 3 is 2.53 bits per heavy atom. The molecule has 6 heteroatoms. The summed E-state index contributed by atoms with van der Waals surface area (Å²) in [7, 11) is -2.93. The van der Waals surface area contributed by atoms with Crippen LogP contribution in [0.25, 0.3) is 0 Å². The van der Waals surface area contributed by atoms with Crippen molar-refractivity contribution in [2.75, 3.05) is 31.1 Å². The first-order chi connectivity index (χ1) is 9.00. The van der Waals surface area contributed by atoms with Gasteiger partial charge in [0.25, 0.3) is 0 Å². The molecule has 2 heterocycles. The Balaban J connectivity index is 1.78. The second kappa shape index (κ2) is 5.93. The highest BCUT2D eigenvalue weighted by molar-refractivity contribution is 7.91. The molecule has 2 saturated heterocycles. The Kier molecular flexibility index (Phi) is 4.48. The number of terminal acetylenes is 1. The third-order valence-electron chi connectivity index (χ3n) is 3.85. The van der Waals surface area contributed by atoms with Crippen LogP contribution < -0.4 is 5.32 Å². The van der Waals surface area contributed by atoms with E-state index >= 15 is 0 Å². The molecule has 106 valence electrons. The maximum Gasteiger partial charge on any atom is 0.223 e. The first-order valence-corrected chi connectivity index (χ1v) is 8.49. The van der Waals surface area contributed by atoms with Crippen molar-refractivity contribution in [1.82, 2.24) is 10.2 Å². The number of carbonyl (C=O) groups excluding carboxylic acids is 1. The Morgan fingerprint density at radius 2 is 2.00 bits per heavy atom. The van der Waals surface area contributed by atoms with E-state index in [9.17, 15) is 13.2 Å². The van der Waals surface area contributed by atoms with E-state index in [0.717, 1.165) is 25.9 Å². The van der Waals surface area contributed by atoms with Crippen LogP contribution in [0.1, 0.15) is 19.3 Å². The predicted octanol–water partition coefficient (Wildman–Crippen LogP) is -0.365. The van der Waals surface area contributed by atoms with Gasteiger partial charge < -0.3 is 5.32 Å². The summed E-state index contributed by atoms with van der Waals surface area (Å²) >= 11 is 0.